The van der Waals surface area contributed by atoms with Crippen LogP contribution < -0.4 is 5.73 Å². The molecule has 0 amide bonds. The smallest absolute Gasteiger partial charge is 0.129 e. The largest absolute Gasteiger partial charge is 0.328 e. The molecular formula is C11H16FN. The van der Waals surface area contributed by atoms with Gasteiger partial charge in [-0.3, -0.25) is 0 Å². The van der Waals surface area contributed by atoms with E-state index in [4.69, 9.17) is 5.73 Å². The SMILES string of the molecule is Cc1cc(C)c(F)c(CC(C)N)c1. The van der Waals surface area contributed by atoms with Crippen molar-refractivity contribution in [3.05, 3.63) is 34.6 Å². The van der Waals surface area contributed by atoms with Gasteiger partial charge in [0, 0.05) is 6.04 Å². The van der Waals surface area contributed by atoms with Gasteiger partial charge in [0.25, 0.3) is 0 Å². The van der Waals surface area contributed by atoms with Crippen molar-refractivity contribution < 1.29 is 4.39 Å². The molecule has 0 aliphatic carbocycles. The highest BCUT2D eigenvalue weighted by Gasteiger charge is 2.07. The third-order valence-corrected chi connectivity index (χ3v) is 2.02. The van der Waals surface area contributed by atoms with Crippen molar-refractivity contribution in [2.75, 3.05) is 0 Å². The molecule has 1 atom stereocenters. The molecule has 2 heteroatoms. The molecule has 0 saturated carbocycles. The van der Waals surface area contributed by atoms with Gasteiger partial charge in [-0.15, -0.1) is 0 Å². The van der Waals surface area contributed by atoms with E-state index < -0.39 is 0 Å². The summed E-state index contributed by atoms with van der Waals surface area (Å²) in [5.74, 6) is -0.108. The van der Waals surface area contributed by atoms with E-state index in [0.29, 0.717) is 12.0 Å². The number of rotatable bonds is 2. The topological polar surface area (TPSA) is 26.0 Å². The highest BCUT2D eigenvalue weighted by Crippen LogP contribution is 2.16. The first-order valence-corrected chi connectivity index (χ1v) is 4.52. The molecule has 0 heterocycles. The van der Waals surface area contributed by atoms with Crippen LogP contribution in [0.1, 0.15) is 23.6 Å². The lowest BCUT2D eigenvalue weighted by molar-refractivity contribution is 0.587. The van der Waals surface area contributed by atoms with E-state index in [-0.39, 0.29) is 11.9 Å². The fraction of sp³-hybridized carbons (Fsp3) is 0.455. The summed E-state index contributed by atoms with van der Waals surface area (Å²) < 4.78 is 13.5. The molecule has 1 unspecified atom stereocenters. The van der Waals surface area contributed by atoms with E-state index in [2.05, 4.69) is 0 Å². The Bertz CT molecular complexity index is 305. The normalized spacial score (nSPS) is 13.0. The van der Waals surface area contributed by atoms with Crippen LogP contribution in [0.4, 0.5) is 4.39 Å². The zero-order valence-corrected chi connectivity index (χ0v) is 8.39. The Morgan fingerprint density at radius 3 is 2.54 bits per heavy atom. The molecule has 0 spiro atoms. The number of halogens is 1. The maximum atomic E-state index is 13.5. The molecule has 1 aromatic carbocycles. The summed E-state index contributed by atoms with van der Waals surface area (Å²) in [5.41, 5.74) is 8.15. The van der Waals surface area contributed by atoms with Crippen LogP contribution in [0.3, 0.4) is 0 Å². The van der Waals surface area contributed by atoms with Gasteiger partial charge in [0.15, 0.2) is 0 Å². The van der Waals surface area contributed by atoms with Crippen LogP contribution in [-0.2, 0) is 6.42 Å². The van der Waals surface area contributed by atoms with Crippen LogP contribution in [0.2, 0.25) is 0 Å². The zero-order valence-electron chi connectivity index (χ0n) is 8.39. The summed E-state index contributed by atoms with van der Waals surface area (Å²) in [4.78, 5) is 0. The lowest BCUT2D eigenvalue weighted by atomic mass is 10.0. The second-order valence-electron chi connectivity index (χ2n) is 3.74. The van der Waals surface area contributed by atoms with E-state index in [1.54, 1.807) is 6.92 Å². The quantitative estimate of drug-likeness (QED) is 0.744. The Balaban J connectivity index is 3.05. The molecule has 0 saturated heterocycles. The second kappa shape index (κ2) is 3.88. The van der Waals surface area contributed by atoms with Gasteiger partial charge in [0.1, 0.15) is 5.82 Å². The Hall–Kier alpha value is -0.890. The first-order valence-electron chi connectivity index (χ1n) is 4.52. The minimum absolute atomic E-state index is 0.00991. The third kappa shape index (κ3) is 2.52. The zero-order chi connectivity index (χ0) is 10.0. The third-order valence-electron chi connectivity index (χ3n) is 2.02. The maximum absolute atomic E-state index is 13.5. The molecule has 1 nitrogen and oxygen atoms in total. The average molecular weight is 181 g/mol. The van der Waals surface area contributed by atoms with Crippen molar-refractivity contribution in [3.8, 4) is 0 Å². The highest BCUT2D eigenvalue weighted by atomic mass is 19.1. The van der Waals surface area contributed by atoms with Gasteiger partial charge in [-0.25, -0.2) is 4.39 Å². The summed E-state index contributed by atoms with van der Waals surface area (Å²) in [6, 6.07) is 3.72. The van der Waals surface area contributed by atoms with E-state index >= 15 is 0 Å². The van der Waals surface area contributed by atoms with Crippen LogP contribution in [0.15, 0.2) is 12.1 Å². The van der Waals surface area contributed by atoms with Gasteiger partial charge in [-0.2, -0.15) is 0 Å². The van der Waals surface area contributed by atoms with Crippen LogP contribution in [0.25, 0.3) is 0 Å². The van der Waals surface area contributed by atoms with Gasteiger partial charge in [0.2, 0.25) is 0 Å². The van der Waals surface area contributed by atoms with Gasteiger partial charge < -0.3 is 5.73 Å². The molecule has 0 bridgehead atoms. The van der Waals surface area contributed by atoms with Crippen molar-refractivity contribution in [1.82, 2.24) is 0 Å². The number of benzene rings is 1. The molecule has 0 radical (unpaired) electrons. The molecule has 0 aliphatic rings. The fourth-order valence-electron chi connectivity index (χ4n) is 1.53. The lowest BCUT2D eigenvalue weighted by Crippen LogP contribution is -2.18. The van der Waals surface area contributed by atoms with Crippen molar-refractivity contribution in [2.24, 2.45) is 5.73 Å². The van der Waals surface area contributed by atoms with Gasteiger partial charge in [0.05, 0.1) is 0 Å². The Morgan fingerprint density at radius 2 is 2.00 bits per heavy atom. The van der Waals surface area contributed by atoms with Gasteiger partial charge in [-0.1, -0.05) is 17.7 Å². The first kappa shape index (κ1) is 10.2. The molecule has 0 fully saturated rings. The van der Waals surface area contributed by atoms with Gasteiger partial charge >= 0.3 is 0 Å². The predicted molar refractivity (Wildman–Crippen MR) is 53.2 cm³/mol. The average Bonchev–Trinajstić information content (AvgIpc) is 1.98. The van der Waals surface area contributed by atoms with Crippen molar-refractivity contribution in [2.45, 2.75) is 33.2 Å². The number of hydrogen-bond acceptors (Lipinski definition) is 1. The van der Waals surface area contributed by atoms with Crippen molar-refractivity contribution >= 4 is 0 Å². The van der Waals surface area contributed by atoms with E-state index in [1.165, 1.54) is 0 Å². The standard InChI is InChI=1S/C11H16FN/c1-7-4-8(2)11(12)10(5-7)6-9(3)13/h4-5,9H,6,13H2,1-3H3. The first-order chi connectivity index (χ1) is 6.00. The lowest BCUT2D eigenvalue weighted by Gasteiger charge is -2.09. The fourth-order valence-corrected chi connectivity index (χ4v) is 1.53. The summed E-state index contributed by atoms with van der Waals surface area (Å²) in [6.07, 6.45) is 0.606. The summed E-state index contributed by atoms with van der Waals surface area (Å²) in [5, 5.41) is 0. The minimum atomic E-state index is -0.108. The van der Waals surface area contributed by atoms with Crippen LogP contribution in [0, 0.1) is 19.7 Å². The second-order valence-corrected chi connectivity index (χ2v) is 3.74. The molecule has 0 aliphatic heterocycles. The Kier molecular flexibility index (Phi) is 3.04. The van der Waals surface area contributed by atoms with Crippen LogP contribution >= 0.6 is 0 Å². The molecule has 1 rings (SSSR count). The molecule has 2 N–H and O–H groups in total. The predicted octanol–water partition coefficient (Wildman–Crippen LogP) is 2.33. The highest BCUT2D eigenvalue weighted by molar-refractivity contribution is 5.30. The summed E-state index contributed by atoms with van der Waals surface area (Å²) >= 11 is 0. The number of aryl methyl sites for hydroxylation is 2. The van der Waals surface area contributed by atoms with E-state index in [0.717, 1.165) is 11.1 Å². The van der Waals surface area contributed by atoms with Crippen LogP contribution in [-0.4, -0.2) is 6.04 Å². The van der Waals surface area contributed by atoms with E-state index in [1.807, 2.05) is 26.0 Å². The monoisotopic (exact) mass is 181 g/mol. The van der Waals surface area contributed by atoms with Crippen molar-refractivity contribution in [3.63, 3.8) is 0 Å². The molecule has 13 heavy (non-hydrogen) atoms. The Morgan fingerprint density at radius 1 is 1.38 bits per heavy atom. The molecular weight excluding hydrogens is 165 g/mol. The Labute approximate surface area is 78.8 Å². The molecule has 0 aromatic heterocycles. The van der Waals surface area contributed by atoms with Crippen LogP contribution in [0.5, 0.6) is 0 Å². The van der Waals surface area contributed by atoms with Crippen molar-refractivity contribution in [1.29, 1.82) is 0 Å². The summed E-state index contributed by atoms with van der Waals surface area (Å²) in [6.45, 7) is 5.64. The summed E-state index contributed by atoms with van der Waals surface area (Å²) in [7, 11) is 0. The number of nitrogens with two attached hydrogens (primary N) is 1. The van der Waals surface area contributed by atoms with E-state index in [9.17, 15) is 4.39 Å². The maximum Gasteiger partial charge on any atom is 0.129 e. The molecule has 72 valence electrons. The number of hydrogen-bond donors (Lipinski definition) is 1. The van der Waals surface area contributed by atoms with Gasteiger partial charge in [-0.05, 0) is 38.3 Å². The molecule has 1 aromatic rings. The minimum Gasteiger partial charge on any atom is -0.328 e.